The smallest absolute Gasteiger partial charge is 0.221 e. The highest BCUT2D eigenvalue weighted by molar-refractivity contribution is 6.18. The Kier molecular flexibility index (Phi) is 4.24. The van der Waals surface area contributed by atoms with Crippen molar-refractivity contribution in [2.45, 2.75) is 0 Å². The van der Waals surface area contributed by atoms with E-state index in [0.29, 0.717) is 0 Å². The topological polar surface area (TPSA) is 41.3 Å². The van der Waals surface area contributed by atoms with Crippen LogP contribution in [0, 0.1) is 0 Å². The molecule has 6 heteroatoms. The monoisotopic (exact) mass is 577 g/mol. The van der Waals surface area contributed by atoms with Gasteiger partial charge in [-0.3, -0.25) is 13.5 Å². The van der Waals surface area contributed by atoms with Crippen molar-refractivity contribution < 1.29 is 4.74 Å². The Morgan fingerprint density at radius 2 is 1.13 bits per heavy atom. The average molecular weight is 578 g/mol. The molecular weight excluding hydrogens is 554 g/mol. The highest BCUT2D eigenvalue weighted by Crippen LogP contribution is 2.48. The molecule has 0 saturated carbocycles. The second-order valence-electron chi connectivity index (χ2n) is 11.7. The van der Waals surface area contributed by atoms with E-state index in [4.69, 9.17) is 9.72 Å². The van der Waals surface area contributed by atoms with Crippen molar-refractivity contribution in [2.75, 3.05) is 0 Å². The van der Waals surface area contributed by atoms with Crippen LogP contribution in [0.25, 0.3) is 77.7 Å². The van der Waals surface area contributed by atoms with Crippen LogP contribution in [0.15, 0.2) is 140 Å². The van der Waals surface area contributed by atoms with E-state index in [2.05, 4.69) is 145 Å². The molecule has 6 aromatic carbocycles. The highest BCUT2D eigenvalue weighted by Gasteiger charge is 2.29. The minimum atomic E-state index is 0.857. The maximum Gasteiger partial charge on any atom is 0.221 e. The molecular formula is C39H23N5O. The van der Waals surface area contributed by atoms with Crippen LogP contribution in [-0.4, -0.2) is 23.1 Å². The molecule has 0 fully saturated rings. The Bertz CT molecular complexity index is 2850. The lowest BCUT2D eigenvalue weighted by Gasteiger charge is -2.21. The van der Waals surface area contributed by atoms with Crippen LogP contribution >= 0.6 is 0 Å². The Morgan fingerprint density at radius 3 is 1.98 bits per heavy atom. The zero-order valence-electron chi connectivity index (χ0n) is 23.9. The summed E-state index contributed by atoms with van der Waals surface area (Å²) < 4.78 is 15.9. The largest absolute Gasteiger partial charge is 0.453 e. The highest BCUT2D eigenvalue weighted by atomic mass is 16.5. The summed E-state index contributed by atoms with van der Waals surface area (Å²) in [7, 11) is 0. The van der Waals surface area contributed by atoms with Crippen molar-refractivity contribution in [2.24, 2.45) is 0 Å². The second kappa shape index (κ2) is 8.21. The molecule has 0 atom stereocenters. The summed E-state index contributed by atoms with van der Waals surface area (Å²) in [5.74, 6) is 2.61. The number of imidazole rings is 2. The van der Waals surface area contributed by atoms with Crippen molar-refractivity contribution >= 4 is 60.7 Å². The summed E-state index contributed by atoms with van der Waals surface area (Å²) in [6.07, 6.45) is 0. The van der Waals surface area contributed by atoms with Crippen LogP contribution in [0.5, 0.6) is 11.5 Å². The van der Waals surface area contributed by atoms with Gasteiger partial charge in [-0.1, -0.05) is 78.9 Å². The van der Waals surface area contributed by atoms with Crippen molar-refractivity contribution in [3.05, 3.63) is 140 Å². The summed E-state index contributed by atoms with van der Waals surface area (Å²) in [6.45, 7) is 0. The SMILES string of the molecule is c1ccc(-n2c3ccccc3n3c2nc2c4ccccc4n(-c4ccc5c6c4c4ccccc4n6-c4ccccc4O5)c23)cc1. The number of fused-ring (bicyclic) bond motifs is 12. The van der Waals surface area contributed by atoms with E-state index < -0.39 is 0 Å². The van der Waals surface area contributed by atoms with Crippen molar-refractivity contribution in [3.8, 4) is 28.6 Å². The first-order chi connectivity index (χ1) is 22.4. The van der Waals surface area contributed by atoms with Gasteiger partial charge in [0.1, 0.15) is 5.52 Å². The number of aromatic nitrogens is 5. The van der Waals surface area contributed by atoms with E-state index in [-0.39, 0.29) is 0 Å². The number of rotatable bonds is 2. The third kappa shape index (κ3) is 2.82. The molecule has 1 aliphatic heterocycles. The van der Waals surface area contributed by atoms with Gasteiger partial charge in [0.05, 0.1) is 39.0 Å². The van der Waals surface area contributed by atoms with E-state index in [9.17, 15) is 0 Å². The zero-order valence-corrected chi connectivity index (χ0v) is 23.9. The summed E-state index contributed by atoms with van der Waals surface area (Å²) in [4.78, 5) is 5.40. The van der Waals surface area contributed by atoms with Gasteiger partial charge < -0.3 is 9.30 Å². The van der Waals surface area contributed by atoms with Gasteiger partial charge in [0.25, 0.3) is 0 Å². The molecule has 210 valence electrons. The molecule has 11 rings (SSSR count). The standard InChI is InChI=1S/C39H23N5O/c1-2-12-24(13-3-1)41-29-18-8-9-19-30(29)44-38-36(40-39(41)44)26-15-5-7-17-28(26)43(38)32-22-23-34-37-35(32)25-14-4-6-16-27(25)42(37)31-20-10-11-21-33(31)45-34/h1-23H. The minimum absolute atomic E-state index is 0.857. The van der Waals surface area contributed by atoms with Gasteiger partial charge in [-0.05, 0) is 60.7 Å². The first-order valence-electron chi connectivity index (χ1n) is 15.2. The summed E-state index contributed by atoms with van der Waals surface area (Å²) in [5, 5.41) is 3.46. The lowest BCUT2D eigenvalue weighted by Crippen LogP contribution is -2.05. The van der Waals surface area contributed by atoms with E-state index in [1.54, 1.807) is 0 Å². The maximum atomic E-state index is 6.54. The van der Waals surface area contributed by atoms with Gasteiger partial charge >= 0.3 is 0 Å². The van der Waals surface area contributed by atoms with E-state index >= 15 is 0 Å². The molecule has 0 unspecified atom stereocenters. The predicted molar refractivity (Wildman–Crippen MR) is 181 cm³/mol. The van der Waals surface area contributed by atoms with Gasteiger partial charge in [0.2, 0.25) is 5.78 Å². The molecule has 6 nitrogen and oxygen atoms in total. The fraction of sp³-hybridized carbons (Fsp3) is 0. The lowest BCUT2D eigenvalue weighted by molar-refractivity contribution is 0.476. The Morgan fingerprint density at radius 1 is 0.467 bits per heavy atom. The number of benzene rings is 6. The molecule has 0 amide bonds. The predicted octanol–water partition coefficient (Wildman–Crippen LogP) is 9.58. The van der Waals surface area contributed by atoms with Crippen LogP contribution in [0.4, 0.5) is 0 Å². The summed E-state index contributed by atoms with van der Waals surface area (Å²) >= 11 is 0. The molecule has 0 saturated heterocycles. The lowest BCUT2D eigenvalue weighted by atomic mass is 10.1. The summed E-state index contributed by atoms with van der Waals surface area (Å²) in [6, 6.07) is 49.0. The molecule has 0 N–H and O–H groups in total. The Labute approximate surface area is 256 Å². The molecule has 0 spiro atoms. The number of nitrogens with zero attached hydrogens (tertiary/aromatic N) is 5. The van der Waals surface area contributed by atoms with Crippen LogP contribution in [0.1, 0.15) is 0 Å². The first-order valence-corrected chi connectivity index (χ1v) is 15.2. The third-order valence-corrected chi connectivity index (χ3v) is 9.35. The maximum absolute atomic E-state index is 6.54. The van der Waals surface area contributed by atoms with Crippen LogP contribution < -0.4 is 4.74 Å². The molecule has 0 bridgehead atoms. The van der Waals surface area contributed by atoms with Gasteiger partial charge in [-0.15, -0.1) is 0 Å². The average Bonchev–Trinajstić information content (AvgIpc) is 3.82. The van der Waals surface area contributed by atoms with Gasteiger partial charge in [-0.25, -0.2) is 4.98 Å². The third-order valence-electron chi connectivity index (χ3n) is 9.35. The Hall–Kier alpha value is -6.27. The molecule has 10 aromatic rings. The number of para-hydroxylation sites is 7. The molecule has 1 aliphatic rings. The normalized spacial score (nSPS) is 12.6. The van der Waals surface area contributed by atoms with Gasteiger partial charge in [0.15, 0.2) is 17.1 Å². The second-order valence-corrected chi connectivity index (χ2v) is 11.7. The fourth-order valence-electron chi connectivity index (χ4n) is 7.58. The fourth-order valence-corrected chi connectivity index (χ4v) is 7.58. The first kappa shape index (κ1) is 23.2. The number of hydrogen-bond acceptors (Lipinski definition) is 2. The van der Waals surface area contributed by atoms with Crippen LogP contribution in [0.2, 0.25) is 0 Å². The van der Waals surface area contributed by atoms with Crippen LogP contribution in [-0.2, 0) is 0 Å². The van der Waals surface area contributed by atoms with Crippen molar-refractivity contribution in [1.29, 1.82) is 0 Å². The van der Waals surface area contributed by atoms with Crippen molar-refractivity contribution in [1.82, 2.24) is 23.1 Å². The Balaban J connectivity index is 1.36. The molecule has 0 radical (unpaired) electrons. The molecule has 5 heterocycles. The van der Waals surface area contributed by atoms with Gasteiger partial charge in [0, 0.05) is 21.8 Å². The van der Waals surface area contributed by atoms with E-state index in [1.165, 1.54) is 5.39 Å². The molecule has 4 aromatic heterocycles. The summed E-state index contributed by atoms with van der Waals surface area (Å²) in [5.41, 5.74) is 10.8. The van der Waals surface area contributed by atoms with Crippen LogP contribution in [0.3, 0.4) is 0 Å². The minimum Gasteiger partial charge on any atom is -0.453 e. The molecule has 45 heavy (non-hydrogen) atoms. The molecule has 0 aliphatic carbocycles. The van der Waals surface area contributed by atoms with Crippen molar-refractivity contribution in [3.63, 3.8) is 0 Å². The van der Waals surface area contributed by atoms with Gasteiger partial charge in [-0.2, -0.15) is 0 Å². The number of ether oxygens (including phenoxy) is 1. The zero-order chi connectivity index (χ0) is 29.2. The van der Waals surface area contributed by atoms with E-state index in [0.717, 1.165) is 83.9 Å². The quantitative estimate of drug-likeness (QED) is 0.205. The van der Waals surface area contributed by atoms with E-state index in [1.807, 2.05) is 12.1 Å². The number of hydrogen-bond donors (Lipinski definition) is 0.